The summed E-state index contributed by atoms with van der Waals surface area (Å²) in [6, 6.07) is 34.2. The van der Waals surface area contributed by atoms with E-state index in [0.717, 1.165) is 65.0 Å². The van der Waals surface area contributed by atoms with Crippen LogP contribution in [0.5, 0.6) is 0 Å². The van der Waals surface area contributed by atoms with E-state index in [0.29, 0.717) is 13.2 Å². The van der Waals surface area contributed by atoms with Gasteiger partial charge in [0.2, 0.25) is 5.91 Å². The van der Waals surface area contributed by atoms with Crippen molar-refractivity contribution in [3.05, 3.63) is 125 Å². The molecule has 2 amide bonds. The summed E-state index contributed by atoms with van der Waals surface area (Å²) in [5.41, 5.74) is 6.10. The van der Waals surface area contributed by atoms with E-state index in [1.165, 1.54) is 6.92 Å². The molecule has 0 radical (unpaired) electrons. The van der Waals surface area contributed by atoms with E-state index in [1.807, 2.05) is 84.9 Å². The van der Waals surface area contributed by atoms with Gasteiger partial charge in [0.25, 0.3) is 5.91 Å². The molecule has 5 atom stereocenters. The summed E-state index contributed by atoms with van der Waals surface area (Å²) in [7, 11) is 0. The number of anilines is 1. The molecule has 3 aliphatic rings. The predicted octanol–water partition coefficient (Wildman–Crippen LogP) is 5.63. The Morgan fingerprint density at radius 1 is 0.909 bits per heavy atom. The number of hydrogen-bond donors (Lipinski definition) is 3. The van der Waals surface area contributed by atoms with E-state index in [4.69, 9.17) is 14.2 Å². The summed E-state index contributed by atoms with van der Waals surface area (Å²) in [5.74, 6) is -0.749. The first-order chi connectivity index (χ1) is 26.6. The van der Waals surface area contributed by atoms with Gasteiger partial charge in [-0.3, -0.25) is 14.4 Å². The fraction of sp³-hybridized carbons (Fsp3) is 0.386. The van der Waals surface area contributed by atoms with Crippen molar-refractivity contribution in [2.24, 2.45) is 5.92 Å². The van der Waals surface area contributed by atoms with Gasteiger partial charge in [0.15, 0.2) is 12.4 Å². The Morgan fingerprint density at radius 3 is 2.33 bits per heavy atom. The number of benzene rings is 4. The topological polar surface area (TPSA) is 130 Å². The van der Waals surface area contributed by atoms with Gasteiger partial charge in [0, 0.05) is 50.3 Å². The number of nitrogens with one attached hydrogen (secondary N) is 2. The maximum absolute atomic E-state index is 13.3. The smallest absolute Gasteiger partial charge is 0.303 e. The van der Waals surface area contributed by atoms with Crippen molar-refractivity contribution in [1.82, 2.24) is 15.5 Å². The van der Waals surface area contributed by atoms with Crippen molar-refractivity contribution in [2.45, 2.75) is 76.9 Å². The molecule has 3 aliphatic heterocycles. The lowest BCUT2D eigenvalue weighted by atomic mass is 9.84. The van der Waals surface area contributed by atoms with Gasteiger partial charge in [-0.05, 0) is 71.8 Å². The standard InChI is InChI=1S/C44H50N4O7/c1-29-39(26-47-21-19-44(20-22-47)43(52)46-28-48(44)38-13-5-4-6-14-38)54-42(55-40(29)34-17-15-32(27-49)16-18-34)37-12-8-11-36(24-37)35-10-7-9-33(23-35)25-45-41(51)30(2)53-31(3)50/h4-18,23-24,29-30,39-40,42,49H,19-22,25-28H2,1-3H3,(H,45,51)(H,46,52)/t29-,30+,39+,40+,42+/m1/s1. The number of amides is 2. The number of esters is 1. The Kier molecular flexibility index (Phi) is 11.6. The van der Waals surface area contributed by atoms with Crippen LogP contribution in [0.4, 0.5) is 5.69 Å². The summed E-state index contributed by atoms with van der Waals surface area (Å²) in [5, 5.41) is 15.7. The minimum Gasteiger partial charge on any atom is -0.453 e. The molecule has 4 aromatic rings. The number of rotatable bonds is 11. The first-order valence-electron chi connectivity index (χ1n) is 19.1. The number of ether oxygens (including phenoxy) is 3. The number of aliphatic hydroxyl groups is 1. The van der Waals surface area contributed by atoms with Crippen LogP contribution in [-0.4, -0.2) is 71.8 Å². The Balaban J connectivity index is 1.09. The quantitative estimate of drug-likeness (QED) is 0.167. The number of piperidine rings is 1. The summed E-state index contributed by atoms with van der Waals surface area (Å²) in [6.45, 7) is 7.99. The molecule has 3 N–H and O–H groups in total. The van der Waals surface area contributed by atoms with Crippen molar-refractivity contribution < 1.29 is 33.7 Å². The number of hydrogen-bond acceptors (Lipinski definition) is 9. The van der Waals surface area contributed by atoms with E-state index in [9.17, 15) is 19.5 Å². The van der Waals surface area contributed by atoms with E-state index in [2.05, 4.69) is 45.6 Å². The summed E-state index contributed by atoms with van der Waals surface area (Å²) >= 11 is 0. The second-order valence-electron chi connectivity index (χ2n) is 14.9. The highest BCUT2D eigenvalue weighted by Gasteiger charge is 2.51. The Labute approximate surface area is 322 Å². The van der Waals surface area contributed by atoms with Gasteiger partial charge in [0.1, 0.15) is 5.54 Å². The Morgan fingerprint density at radius 2 is 1.62 bits per heavy atom. The van der Waals surface area contributed by atoms with Gasteiger partial charge in [0.05, 0.1) is 25.5 Å². The Hall–Kier alpha value is -5.07. The third-order valence-corrected chi connectivity index (χ3v) is 11.2. The lowest BCUT2D eigenvalue weighted by molar-refractivity contribution is -0.276. The second-order valence-corrected chi connectivity index (χ2v) is 14.9. The molecule has 0 unspecified atom stereocenters. The van der Waals surface area contributed by atoms with Crippen LogP contribution in [-0.2, 0) is 41.7 Å². The highest BCUT2D eigenvalue weighted by Crippen LogP contribution is 2.43. The van der Waals surface area contributed by atoms with Crippen molar-refractivity contribution in [3.8, 4) is 11.1 Å². The van der Waals surface area contributed by atoms with Gasteiger partial charge in [-0.15, -0.1) is 0 Å². The van der Waals surface area contributed by atoms with Crippen LogP contribution in [0.1, 0.15) is 68.3 Å². The van der Waals surface area contributed by atoms with Gasteiger partial charge >= 0.3 is 5.97 Å². The molecular weight excluding hydrogens is 697 g/mol. The molecule has 3 heterocycles. The number of carbonyl (C=O) groups is 3. The maximum Gasteiger partial charge on any atom is 0.303 e. The molecule has 7 rings (SSSR count). The Bertz CT molecular complexity index is 1960. The van der Waals surface area contributed by atoms with Crippen LogP contribution < -0.4 is 15.5 Å². The minimum absolute atomic E-state index is 0.0151. The molecule has 288 valence electrons. The maximum atomic E-state index is 13.3. The van der Waals surface area contributed by atoms with Crippen LogP contribution in [0.3, 0.4) is 0 Å². The van der Waals surface area contributed by atoms with Crippen LogP contribution in [0.15, 0.2) is 103 Å². The first kappa shape index (κ1) is 38.2. The minimum atomic E-state index is -0.874. The lowest BCUT2D eigenvalue weighted by Gasteiger charge is -2.46. The highest BCUT2D eigenvalue weighted by molar-refractivity contribution is 5.93. The molecule has 4 aromatic carbocycles. The molecule has 3 fully saturated rings. The lowest BCUT2D eigenvalue weighted by Crippen LogP contribution is -2.57. The van der Waals surface area contributed by atoms with Gasteiger partial charge in [-0.25, -0.2) is 0 Å². The summed E-state index contributed by atoms with van der Waals surface area (Å²) in [4.78, 5) is 41.7. The molecule has 0 bridgehead atoms. The number of nitrogens with zero attached hydrogens (tertiary/aromatic N) is 2. The molecule has 11 heteroatoms. The third kappa shape index (κ3) is 8.45. The summed E-state index contributed by atoms with van der Waals surface area (Å²) < 4.78 is 18.7. The van der Waals surface area contributed by atoms with Gasteiger partial charge in [-0.1, -0.05) is 85.8 Å². The normalized spacial score (nSPS) is 22.9. The number of carbonyl (C=O) groups excluding carboxylic acids is 3. The molecule has 11 nitrogen and oxygen atoms in total. The molecular formula is C44H50N4O7. The molecule has 0 aromatic heterocycles. The van der Waals surface area contributed by atoms with Gasteiger partial charge < -0.3 is 39.8 Å². The van der Waals surface area contributed by atoms with Crippen molar-refractivity contribution in [2.75, 3.05) is 31.2 Å². The second kappa shape index (κ2) is 16.7. The summed E-state index contributed by atoms with van der Waals surface area (Å²) in [6.07, 6.45) is -0.497. The first-order valence-corrected chi connectivity index (χ1v) is 19.1. The number of para-hydroxylation sites is 1. The zero-order valence-corrected chi connectivity index (χ0v) is 31.6. The van der Waals surface area contributed by atoms with Crippen LogP contribution in [0.25, 0.3) is 11.1 Å². The average Bonchev–Trinajstić information content (AvgIpc) is 3.52. The molecule has 0 aliphatic carbocycles. The monoisotopic (exact) mass is 746 g/mol. The molecule has 1 spiro atoms. The van der Waals surface area contributed by atoms with E-state index >= 15 is 0 Å². The van der Waals surface area contributed by atoms with Crippen LogP contribution in [0, 0.1) is 5.92 Å². The average molecular weight is 747 g/mol. The molecule has 55 heavy (non-hydrogen) atoms. The highest BCUT2D eigenvalue weighted by atomic mass is 16.7. The number of aliphatic hydroxyl groups excluding tert-OH is 1. The molecule has 3 saturated heterocycles. The van der Waals surface area contributed by atoms with E-state index in [-0.39, 0.29) is 43.1 Å². The van der Waals surface area contributed by atoms with E-state index < -0.39 is 23.9 Å². The zero-order valence-electron chi connectivity index (χ0n) is 31.6. The van der Waals surface area contributed by atoms with Crippen molar-refractivity contribution in [1.29, 1.82) is 0 Å². The SMILES string of the molecule is CC(=O)O[C@@H](C)C(=O)NCc1cccc(-c2cccc([C@H]3O[C@@H](CN4CCC5(CC4)C(=O)NCN5c4ccccc4)[C@@H](C)[C@@H](c4ccc(CO)cc4)O3)c2)c1. The largest absolute Gasteiger partial charge is 0.453 e. The van der Waals surface area contributed by atoms with Crippen LogP contribution in [0.2, 0.25) is 0 Å². The van der Waals surface area contributed by atoms with Crippen molar-refractivity contribution >= 4 is 23.5 Å². The van der Waals surface area contributed by atoms with Crippen LogP contribution >= 0.6 is 0 Å². The fourth-order valence-electron chi connectivity index (χ4n) is 8.08. The number of likely N-dealkylation sites (tertiary alicyclic amines) is 1. The fourth-order valence-corrected chi connectivity index (χ4v) is 8.08. The molecule has 0 saturated carbocycles. The van der Waals surface area contributed by atoms with Gasteiger partial charge in [-0.2, -0.15) is 0 Å². The van der Waals surface area contributed by atoms with E-state index in [1.54, 1.807) is 6.92 Å². The third-order valence-electron chi connectivity index (χ3n) is 11.2. The zero-order chi connectivity index (χ0) is 38.5. The van der Waals surface area contributed by atoms with Crippen molar-refractivity contribution in [3.63, 3.8) is 0 Å². The predicted molar refractivity (Wildman–Crippen MR) is 208 cm³/mol.